The van der Waals surface area contributed by atoms with Crippen molar-refractivity contribution in [3.05, 3.63) is 0 Å². The number of amides is 2. The van der Waals surface area contributed by atoms with Crippen LogP contribution in [0.1, 0.15) is 13.8 Å². The second kappa shape index (κ2) is 14.0. The Kier molecular flexibility index (Phi) is 11.5. The van der Waals surface area contributed by atoms with Crippen molar-refractivity contribution in [1.29, 1.82) is 0 Å². The van der Waals surface area contributed by atoms with E-state index in [4.69, 9.17) is 23.7 Å². The monoisotopic (exact) mass is 586 g/mol. The maximum atomic E-state index is 11.7. The Hall–Kier alpha value is -1.62. The summed E-state index contributed by atoms with van der Waals surface area (Å²) in [6.07, 6.45) is -21.1. The molecule has 0 spiro atoms. The third-order valence-corrected chi connectivity index (χ3v) is 6.90. The summed E-state index contributed by atoms with van der Waals surface area (Å²) in [5.74, 6) is -1.26. The van der Waals surface area contributed by atoms with E-state index in [0.29, 0.717) is 0 Å². The fourth-order valence-electron chi connectivity index (χ4n) is 4.87. The third kappa shape index (κ3) is 7.05. The molecule has 0 radical (unpaired) electrons. The van der Waals surface area contributed by atoms with E-state index < -0.39 is 124 Å². The van der Waals surface area contributed by atoms with Gasteiger partial charge in [-0.1, -0.05) is 0 Å². The standard InChI is InChI=1S/C22H38N2O16/c1-6(28)23-11-15(32)18(9(4-26)36-20(11)35)40-22-17(34)16(33)19(10(5-27)38-22)39-21-12(24-7(2)29)14(31)13(30)8(3-25)37-21/h8-22,25-27,30-35H,3-5H2,1-2H3,(H,23,28)(H,24,29)/t8-,9-,10-,11-,12-,13-,14-,15-,16-,17-,18-,19+,20?,21-,22+/m1/s1. The Balaban J connectivity index is 1.78. The first-order chi connectivity index (χ1) is 18.8. The summed E-state index contributed by atoms with van der Waals surface area (Å²) >= 11 is 0. The number of rotatable bonds is 9. The summed E-state index contributed by atoms with van der Waals surface area (Å²) < 4.78 is 27.5. The Morgan fingerprint density at radius 2 is 1.07 bits per heavy atom. The lowest BCUT2D eigenvalue weighted by Crippen LogP contribution is -2.69. The number of carbonyl (C=O) groups excluding carboxylic acids is 2. The molecule has 11 N–H and O–H groups in total. The molecule has 40 heavy (non-hydrogen) atoms. The SMILES string of the molecule is CC(=O)N[C@H]1[C@@H](O[C@@H]2[C@H](O)[C@@H](O)[C@H](O[C@H]3[C@H](O)[C@@H](NC(C)=O)C(O)O[C@@H]3CO)O[C@@H]2CO)O[C@H](CO)[C@@H](O)[C@@H]1O. The number of hydrogen-bond acceptors (Lipinski definition) is 16. The van der Waals surface area contributed by atoms with E-state index in [1.54, 1.807) is 0 Å². The summed E-state index contributed by atoms with van der Waals surface area (Å²) in [5, 5.41) is 96.9. The lowest BCUT2D eigenvalue weighted by molar-refractivity contribution is -0.366. The fourth-order valence-corrected chi connectivity index (χ4v) is 4.87. The van der Waals surface area contributed by atoms with E-state index in [9.17, 15) is 55.5 Å². The fraction of sp³-hybridized carbons (Fsp3) is 0.909. The molecule has 0 aromatic heterocycles. The topological polar surface area (TPSA) is 286 Å². The van der Waals surface area contributed by atoms with Crippen LogP contribution < -0.4 is 10.6 Å². The quantitative estimate of drug-likeness (QED) is 0.120. The summed E-state index contributed by atoms with van der Waals surface area (Å²) in [6.45, 7) is -0.106. The van der Waals surface area contributed by atoms with E-state index in [1.165, 1.54) is 0 Å². The number of hydrogen-bond donors (Lipinski definition) is 11. The minimum atomic E-state index is -1.93. The third-order valence-electron chi connectivity index (χ3n) is 6.90. The van der Waals surface area contributed by atoms with Gasteiger partial charge in [-0.15, -0.1) is 0 Å². The van der Waals surface area contributed by atoms with E-state index in [0.717, 1.165) is 13.8 Å². The van der Waals surface area contributed by atoms with E-state index in [1.807, 2.05) is 0 Å². The van der Waals surface area contributed by atoms with Crippen LogP contribution in [0.4, 0.5) is 0 Å². The molecule has 0 aliphatic carbocycles. The number of aliphatic hydroxyl groups is 9. The molecule has 3 aliphatic heterocycles. The molecular formula is C22H38N2O16. The van der Waals surface area contributed by atoms with Gasteiger partial charge in [-0.2, -0.15) is 0 Å². The summed E-state index contributed by atoms with van der Waals surface area (Å²) in [4.78, 5) is 23.2. The van der Waals surface area contributed by atoms with Crippen LogP contribution in [0.5, 0.6) is 0 Å². The van der Waals surface area contributed by atoms with Gasteiger partial charge in [-0.3, -0.25) is 9.59 Å². The molecule has 232 valence electrons. The van der Waals surface area contributed by atoms with Gasteiger partial charge in [0.15, 0.2) is 18.9 Å². The van der Waals surface area contributed by atoms with Crippen LogP contribution in [0.3, 0.4) is 0 Å². The minimum Gasteiger partial charge on any atom is -0.394 e. The maximum Gasteiger partial charge on any atom is 0.217 e. The van der Waals surface area contributed by atoms with E-state index in [-0.39, 0.29) is 0 Å². The van der Waals surface area contributed by atoms with Gasteiger partial charge in [0.25, 0.3) is 0 Å². The molecule has 18 heteroatoms. The molecule has 3 rings (SSSR count). The van der Waals surface area contributed by atoms with Gasteiger partial charge in [-0.05, 0) is 0 Å². The maximum absolute atomic E-state index is 11.7. The molecule has 3 fully saturated rings. The lowest BCUT2D eigenvalue weighted by Gasteiger charge is -2.48. The highest BCUT2D eigenvalue weighted by Crippen LogP contribution is 2.32. The first kappa shape index (κ1) is 32.9. The summed E-state index contributed by atoms with van der Waals surface area (Å²) in [6, 6.07) is -2.79. The van der Waals surface area contributed by atoms with Crippen LogP contribution >= 0.6 is 0 Å². The molecule has 0 aromatic rings. The lowest BCUT2D eigenvalue weighted by atomic mass is 9.94. The predicted molar refractivity (Wildman–Crippen MR) is 124 cm³/mol. The average Bonchev–Trinajstić information content (AvgIpc) is 2.90. The van der Waals surface area contributed by atoms with E-state index in [2.05, 4.69) is 10.6 Å². The van der Waals surface area contributed by atoms with Gasteiger partial charge < -0.3 is 80.3 Å². The van der Waals surface area contributed by atoms with Crippen LogP contribution in [0.15, 0.2) is 0 Å². The second-order valence-electron chi connectivity index (χ2n) is 9.81. The van der Waals surface area contributed by atoms with Gasteiger partial charge >= 0.3 is 0 Å². The largest absolute Gasteiger partial charge is 0.394 e. The Morgan fingerprint density at radius 3 is 1.62 bits per heavy atom. The van der Waals surface area contributed by atoms with Crippen LogP contribution in [-0.2, 0) is 33.3 Å². The number of carbonyl (C=O) groups is 2. The number of aliphatic hydroxyl groups excluding tert-OH is 9. The molecule has 18 nitrogen and oxygen atoms in total. The number of ether oxygens (including phenoxy) is 5. The zero-order valence-corrected chi connectivity index (χ0v) is 21.7. The first-order valence-corrected chi connectivity index (χ1v) is 12.6. The molecule has 15 atom stereocenters. The van der Waals surface area contributed by atoms with Gasteiger partial charge in [0.05, 0.1) is 19.8 Å². The zero-order valence-electron chi connectivity index (χ0n) is 21.7. The van der Waals surface area contributed by atoms with Crippen molar-refractivity contribution in [2.45, 2.75) is 106 Å². The normalized spacial score (nSPS) is 46.0. The van der Waals surface area contributed by atoms with Crippen LogP contribution in [0.2, 0.25) is 0 Å². The van der Waals surface area contributed by atoms with Crippen LogP contribution in [-0.4, -0.2) is 170 Å². The predicted octanol–water partition coefficient (Wildman–Crippen LogP) is -7.29. The minimum absolute atomic E-state index is 0.624. The van der Waals surface area contributed by atoms with Crippen molar-refractivity contribution in [2.24, 2.45) is 0 Å². The van der Waals surface area contributed by atoms with Crippen molar-refractivity contribution >= 4 is 11.8 Å². The Bertz CT molecular complexity index is 852. The molecule has 3 heterocycles. The molecule has 0 saturated carbocycles. The van der Waals surface area contributed by atoms with Crippen molar-refractivity contribution in [1.82, 2.24) is 10.6 Å². The van der Waals surface area contributed by atoms with Crippen molar-refractivity contribution in [3.8, 4) is 0 Å². The van der Waals surface area contributed by atoms with Gasteiger partial charge in [0, 0.05) is 13.8 Å². The Morgan fingerprint density at radius 1 is 0.600 bits per heavy atom. The molecule has 2 amide bonds. The van der Waals surface area contributed by atoms with Crippen LogP contribution in [0.25, 0.3) is 0 Å². The van der Waals surface area contributed by atoms with Gasteiger partial charge in [0.1, 0.15) is 73.1 Å². The molecule has 0 bridgehead atoms. The smallest absolute Gasteiger partial charge is 0.217 e. The highest BCUT2D eigenvalue weighted by atomic mass is 16.7. The Labute approximate surface area is 228 Å². The van der Waals surface area contributed by atoms with Crippen molar-refractivity contribution in [3.63, 3.8) is 0 Å². The van der Waals surface area contributed by atoms with Gasteiger partial charge in [-0.25, -0.2) is 0 Å². The summed E-state index contributed by atoms with van der Waals surface area (Å²) in [5.41, 5.74) is 0. The average molecular weight is 587 g/mol. The molecule has 3 aliphatic rings. The highest BCUT2D eigenvalue weighted by Gasteiger charge is 2.53. The molecule has 0 aromatic carbocycles. The first-order valence-electron chi connectivity index (χ1n) is 12.6. The number of nitrogens with one attached hydrogen (secondary N) is 2. The second-order valence-corrected chi connectivity index (χ2v) is 9.81. The molecule has 1 unspecified atom stereocenters. The van der Waals surface area contributed by atoms with Crippen molar-refractivity contribution < 1.29 is 79.2 Å². The highest BCUT2D eigenvalue weighted by molar-refractivity contribution is 5.73. The summed E-state index contributed by atoms with van der Waals surface area (Å²) in [7, 11) is 0. The van der Waals surface area contributed by atoms with Crippen molar-refractivity contribution in [2.75, 3.05) is 19.8 Å². The molecule has 3 saturated heterocycles. The zero-order chi connectivity index (χ0) is 29.9. The van der Waals surface area contributed by atoms with Gasteiger partial charge in [0.2, 0.25) is 11.8 Å². The van der Waals surface area contributed by atoms with E-state index >= 15 is 0 Å². The molecular weight excluding hydrogens is 548 g/mol. The van der Waals surface area contributed by atoms with Crippen LogP contribution in [0, 0.1) is 0 Å².